The van der Waals surface area contributed by atoms with E-state index >= 15 is 0 Å². The van der Waals surface area contributed by atoms with Crippen LogP contribution in [0.5, 0.6) is 0 Å². The summed E-state index contributed by atoms with van der Waals surface area (Å²) in [7, 11) is 0. The number of carbonyl (C=O) groups is 2. The van der Waals surface area contributed by atoms with Crippen molar-refractivity contribution in [2.45, 2.75) is 5.75 Å². The van der Waals surface area contributed by atoms with Gasteiger partial charge in [0.2, 0.25) is 0 Å². The predicted octanol–water partition coefficient (Wildman–Crippen LogP) is 4.32. The van der Waals surface area contributed by atoms with E-state index in [1.165, 1.54) is 16.6 Å². The lowest BCUT2D eigenvalue weighted by molar-refractivity contribution is -0.144. The number of fused-ring (bicyclic) bond motifs is 1. The Bertz CT molecular complexity index is 862. The van der Waals surface area contributed by atoms with Crippen molar-refractivity contribution in [3.63, 3.8) is 0 Å². The lowest BCUT2D eigenvalue weighted by atomic mass is 10.1. The summed E-state index contributed by atoms with van der Waals surface area (Å²) < 4.78 is 5.01. The van der Waals surface area contributed by atoms with Crippen LogP contribution in [-0.4, -0.2) is 24.2 Å². The lowest BCUT2D eigenvalue weighted by Crippen LogP contribution is -2.21. The number of thiophene rings is 1. The molecule has 1 heterocycles. The third kappa shape index (κ3) is 5.34. The van der Waals surface area contributed by atoms with Gasteiger partial charge in [-0.2, -0.15) is 0 Å². The first-order valence-electron chi connectivity index (χ1n) is 7.75. The summed E-state index contributed by atoms with van der Waals surface area (Å²) in [5.74, 6) is 0.291. The summed E-state index contributed by atoms with van der Waals surface area (Å²) in [5.41, 5.74) is 0.687. The average molecular weight is 371 g/mol. The third-order valence-corrected chi connectivity index (χ3v) is 5.46. The molecule has 0 aliphatic rings. The number of ether oxygens (including phenoxy) is 1. The third-order valence-electron chi connectivity index (χ3n) is 3.44. The molecular weight excluding hydrogens is 354 g/mol. The predicted molar refractivity (Wildman–Crippen MR) is 104 cm³/mol. The molecule has 0 saturated heterocycles. The minimum atomic E-state index is -0.379. The van der Waals surface area contributed by atoms with E-state index in [9.17, 15) is 9.59 Å². The Labute approximate surface area is 154 Å². The van der Waals surface area contributed by atoms with Crippen LogP contribution in [0.1, 0.15) is 4.88 Å². The number of nitrogens with one attached hydrogen (secondary N) is 1. The molecule has 1 aromatic heterocycles. The molecule has 6 heteroatoms. The highest BCUT2D eigenvalue weighted by Gasteiger charge is 2.09. The Morgan fingerprint density at radius 1 is 1.04 bits per heavy atom. The van der Waals surface area contributed by atoms with Crippen molar-refractivity contribution < 1.29 is 14.3 Å². The van der Waals surface area contributed by atoms with Crippen molar-refractivity contribution in [2.75, 3.05) is 17.7 Å². The number of esters is 1. The molecule has 3 aromatic rings. The number of carbonyl (C=O) groups excluding carboxylic acids is 2. The van der Waals surface area contributed by atoms with Crippen molar-refractivity contribution in [1.29, 1.82) is 0 Å². The summed E-state index contributed by atoms with van der Waals surface area (Å²) in [6, 6.07) is 17.6. The summed E-state index contributed by atoms with van der Waals surface area (Å²) >= 11 is 3.14. The first-order chi connectivity index (χ1) is 12.2. The van der Waals surface area contributed by atoms with Crippen LogP contribution in [0.3, 0.4) is 0 Å². The van der Waals surface area contributed by atoms with E-state index < -0.39 is 0 Å². The number of amides is 1. The second-order valence-electron chi connectivity index (χ2n) is 5.34. The first-order valence-corrected chi connectivity index (χ1v) is 9.78. The van der Waals surface area contributed by atoms with Crippen LogP contribution < -0.4 is 5.32 Å². The van der Waals surface area contributed by atoms with Crippen molar-refractivity contribution in [3.05, 3.63) is 64.9 Å². The van der Waals surface area contributed by atoms with Gasteiger partial charge >= 0.3 is 5.97 Å². The van der Waals surface area contributed by atoms with Crippen LogP contribution in [0, 0.1) is 0 Å². The Balaban J connectivity index is 1.41. The molecule has 0 saturated carbocycles. The molecule has 25 heavy (non-hydrogen) atoms. The van der Waals surface area contributed by atoms with Crippen molar-refractivity contribution in [1.82, 2.24) is 0 Å². The highest BCUT2D eigenvalue weighted by atomic mass is 32.2. The van der Waals surface area contributed by atoms with Gasteiger partial charge in [0.1, 0.15) is 0 Å². The number of benzene rings is 2. The van der Waals surface area contributed by atoms with E-state index in [2.05, 4.69) is 5.32 Å². The molecule has 0 bridgehead atoms. The molecule has 0 unspecified atom stereocenters. The topological polar surface area (TPSA) is 55.4 Å². The quantitative estimate of drug-likeness (QED) is 0.629. The van der Waals surface area contributed by atoms with Gasteiger partial charge in [-0.3, -0.25) is 9.59 Å². The first kappa shape index (κ1) is 17.5. The van der Waals surface area contributed by atoms with E-state index in [1.54, 1.807) is 11.3 Å². The van der Waals surface area contributed by atoms with Crippen LogP contribution in [0.2, 0.25) is 0 Å². The van der Waals surface area contributed by atoms with Crippen molar-refractivity contribution in [2.24, 2.45) is 0 Å². The normalized spacial score (nSPS) is 10.6. The van der Waals surface area contributed by atoms with Gasteiger partial charge in [-0.1, -0.05) is 36.4 Å². The second-order valence-corrected chi connectivity index (χ2v) is 7.36. The minimum absolute atomic E-state index is 0.237. The molecule has 2 aromatic carbocycles. The monoisotopic (exact) mass is 371 g/mol. The van der Waals surface area contributed by atoms with Gasteiger partial charge in [-0.25, -0.2) is 0 Å². The van der Waals surface area contributed by atoms with Gasteiger partial charge in [0, 0.05) is 16.3 Å². The van der Waals surface area contributed by atoms with Crippen LogP contribution in [0.25, 0.3) is 10.8 Å². The summed E-state index contributed by atoms with van der Waals surface area (Å²) in [6.07, 6.45) is 0. The molecule has 1 amide bonds. The molecular formula is C19H17NO3S2. The summed E-state index contributed by atoms with van der Waals surface area (Å²) in [4.78, 5) is 24.8. The highest BCUT2D eigenvalue weighted by molar-refractivity contribution is 7.99. The zero-order chi connectivity index (χ0) is 17.5. The van der Waals surface area contributed by atoms with Crippen molar-refractivity contribution >= 4 is 51.4 Å². The molecule has 3 rings (SSSR count). The number of rotatable bonds is 7. The number of hydrogen-bond acceptors (Lipinski definition) is 5. The largest absolute Gasteiger partial charge is 0.455 e. The summed E-state index contributed by atoms with van der Waals surface area (Å²) in [6.45, 7) is -0.273. The Kier molecular flexibility index (Phi) is 6.09. The maximum absolute atomic E-state index is 11.9. The molecule has 0 spiro atoms. The zero-order valence-electron chi connectivity index (χ0n) is 13.4. The van der Waals surface area contributed by atoms with Gasteiger partial charge in [0.05, 0.1) is 5.75 Å². The maximum atomic E-state index is 11.9. The fourth-order valence-corrected chi connectivity index (χ4v) is 3.94. The second kappa shape index (κ2) is 8.69. The van der Waals surface area contributed by atoms with Crippen LogP contribution in [0.15, 0.2) is 60.0 Å². The number of thioether (sulfide) groups is 1. The molecule has 4 nitrogen and oxygen atoms in total. The molecule has 0 aliphatic heterocycles. The Morgan fingerprint density at radius 3 is 2.68 bits per heavy atom. The number of hydrogen-bond donors (Lipinski definition) is 1. The number of anilines is 1. The highest BCUT2D eigenvalue weighted by Crippen LogP contribution is 2.19. The van der Waals surface area contributed by atoms with E-state index in [0.717, 1.165) is 16.5 Å². The SMILES string of the molecule is O=C(COC(=O)CSCc1cccs1)Nc1ccc2ccccc2c1. The zero-order valence-corrected chi connectivity index (χ0v) is 15.1. The van der Waals surface area contributed by atoms with E-state index in [1.807, 2.05) is 60.0 Å². The van der Waals surface area contributed by atoms with Gasteiger partial charge in [0.15, 0.2) is 6.61 Å². The Hall–Kier alpha value is -2.31. The standard InChI is InChI=1S/C19H17NO3S2/c21-18(11-23-19(22)13-24-12-17-6-3-9-25-17)20-16-8-7-14-4-1-2-5-15(14)10-16/h1-10H,11-13H2,(H,20,21). The van der Waals surface area contributed by atoms with E-state index in [4.69, 9.17) is 4.74 Å². The lowest BCUT2D eigenvalue weighted by Gasteiger charge is -2.07. The van der Waals surface area contributed by atoms with Crippen LogP contribution in [-0.2, 0) is 20.1 Å². The van der Waals surface area contributed by atoms with Crippen LogP contribution >= 0.6 is 23.1 Å². The molecule has 0 aliphatic carbocycles. The Morgan fingerprint density at radius 2 is 1.88 bits per heavy atom. The average Bonchev–Trinajstić information content (AvgIpc) is 3.13. The van der Waals surface area contributed by atoms with Gasteiger partial charge in [-0.15, -0.1) is 23.1 Å². The molecule has 0 fully saturated rings. The molecule has 0 radical (unpaired) electrons. The van der Waals surface area contributed by atoms with Gasteiger partial charge in [-0.05, 0) is 34.4 Å². The van der Waals surface area contributed by atoms with E-state index in [-0.39, 0.29) is 24.2 Å². The van der Waals surface area contributed by atoms with Crippen LogP contribution in [0.4, 0.5) is 5.69 Å². The van der Waals surface area contributed by atoms with Gasteiger partial charge in [0.25, 0.3) is 5.91 Å². The molecule has 0 atom stereocenters. The molecule has 1 N–H and O–H groups in total. The summed E-state index contributed by atoms with van der Waals surface area (Å²) in [5, 5.41) is 6.90. The van der Waals surface area contributed by atoms with E-state index in [0.29, 0.717) is 5.69 Å². The maximum Gasteiger partial charge on any atom is 0.316 e. The fraction of sp³-hybridized carbons (Fsp3) is 0.158. The fourth-order valence-electron chi connectivity index (χ4n) is 2.28. The van der Waals surface area contributed by atoms with Gasteiger partial charge < -0.3 is 10.1 Å². The smallest absolute Gasteiger partial charge is 0.316 e. The molecule has 128 valence electrons. The van der Waals surface area contributed by atoms with Crippen molar-refractivity contribution in [3.8, 4) is 0 Å². The minimum Gasteiger partial charge on any atom is -0.455 e.